The number of hydrogen-bond acceptors (Lipinski definition) is 12. The molecule has 16 heteroatoms. The highest BCUT2D eigenvalue weighted by molar-refractivity contribution is 8.15. The number of hydrogen-bond donors (Lipinski definition) is 4. The van der Waals surface area contributed by atoms with E-state index in [1.807, 2.05) is 0 Å². The van der Waals surface area contributed by atoms with E-state index in [1.54, 1.807) is 52.0 Å². The first-order valence-corrected chi connectivity index (χ1v) is 14.3. The zero-order chi connectivity index (χ0) is 24.0. The monoisotopic (exact) mass is 530 g/mol. The van der Waals surface area contributed by atoms with Gasteiger partial charge >= 0.3 is 26.0 Å². The van der Waals surface area contributed by atoms with Gasteiger partial charge in [-0.25, -0.2) is 9.13 Å². The van der Waals surface area contributed by atoms with Crippen molar-refractivity contribution in [3.05, 3.63) is 24.3 Å². The number of nitrogens with one attached hydrogen (secondary N) is 4. The quantitative estimate of drug-likeness (QED) is 0.175. The van der Waals surface area contributed by atoms with E-state index >= 15 is 0 Å². The van der Waals surface area contributed by atoms with Crippen LogP contribution in [-0.4, -0.2) is 36.9 Å². The van der Waals surface area contributed by atoms with Crippen LogP contribution in [0.2, 0.25) is 0 Å². The van der Waals surface area contributed by atoms with Crippen LogP contribution in [-0.2, 0) is 27.2 Å². The highest BCUT2D eigenvalue weighted by Crippen LogP contribution is 2.45. The van der Waals surface area contributed by atoms with Gasteiger partial charge in [0.1, 0.15) is 0 Å². The molecule has 32 heavy (non-hydrogen) atoms. The van der Waals surface area contributed by atoms with Crippen molar-refractivity contribution in [3.8, 4) is 0 Å². The van der Waals surface area contributed by atoms with E-state index in [0.29, 0.717) is 35.3 Å². The molecule has 12 nitrogen and oxygen atoms in total. The van der Waals surface area contributed by atoms with E-state index in [4.69, 9.17) is 18.1 Å². The summed E-state index contributed by atoms with van der Waals surface area (Å²) in [5.41, 5.74) is 0.904. The van der Waals surface area contributed by atoms with Gasteiger partial charge in [0.15, 0.2) is 0 Å². The molecule has 182 valence electrons. The Hall–Kier alpha value is -1.24. The van der Waals surface area contributed by atoms with Crippen molar-refractivity contribution in [2.24, 2.45) is 0 Å². The van der Waals surface area contributed by atoms with Crippen molar-refractivity contribution < 1.29 is 36.8 Å². The molecule has 0 bridgehead atoms. The molecular weight excluding hydrogens is 502 g/mol. The molecule has 0 aliphatic carbocycles. The molecule has 0 saturated carbocycles. The molecule has 0 atom stereocenters. The van der Waals surface area contributed by atoms with Gasteiger partial charge in [0.25, 0.3) is 0 Å². The Kier molecular flexibility index (Phi) is 13.3. The maximum atomic E-state index is 12.4. The van der Waals surface area contributed by atoms with Crippen LogP contribution in [0.1, 0.15) is 27.7 Å². The van der Waals surface area contributed by atoms with Gasteiger partial charge in [0, 0.05) is 23.9 Å². The Morgan fingerprint density at radius 1 is 0.719 bits per heavy atom. The fourth-order valence-corrected chi connectivity index (χ4v) is 6.03. The highest BCUT2D eigenvalue weighted by Gasteiger charge is 2.28. The Morgan fingerprint density at radius 3 is 1.31 bits per heavy atom. The number of amides is 2. The van der Waals surface area contributed by atoms with Gasteiger partial charge in [-0.1, -0.05) is 12.1 Å². The number of anilines is 2. The van der Waals surface area contributed by atoms with E-state index in [0.717, 1.165) is 0 Å². The average molecular weight is 531 g/mol. The van der Waals surface area contributed by atoms with E-state index in [2.05, 4.69) is 19.6 Å². The van der Waals surface area contributed by atoms with E-state index in [-0.39, 0.29) is 26.4 Å². The second-order valence-corrected chi connectivity index (χ2v) is 10.4. The number of benzene rings is 1. The normalized spacial score (nSPS) is 11.6. The fourth-order valence-electron chi connectivity index (χ4n) is 2.02. The first-order valence-electron chi connectivity index (χ1n) is 9.58. The van der Waals surface area contributed by atoms with Crippen molar-refractivity contribution in [3.63, 3.8) is 0 Å². The van der Waals surface area contributed by atoms with Crippen molar-refractivity contribution in [1.29, 1.82) is 0 Å². The molecule has 2 amide bonds. The van der Waals surface area contributed by atoms with Crippen LogP contribution in [0.25, 0.3) is 0 Å². The van der Waals surface area contributed by atoms with Crippen LogP contribution in [0.15, 0.2) is 24.3 Å². The molecule has 4 N–H and O–H groups in total. The summed E-state index contributed by atoms with van der Waals surface area (Å²) in [6, 6.07) is 6.72. The lowest BCUT2D eigenvalue weighted by Crippen LogP contribution is -2.20. The molecule has 1 aromatic carbocycles. The van der Waals surface area contributed by atoms with Gasteiger partial charge in [-0.2, -0.15) is 0 Å². The summed E-state index contributed by atoms with van der Waals surface area (Å²) in [7, 11) is -7.50. The molecule has 0 saturated heterocycles. The smallest absolute Gasteiger partial charge is 0.320 e. The standard InChI is InChI=1S/C16H28N4O8P2S2/c1-5-25-29(23,26-6-2)17-15(21)31-19-13-11-9-10-12-14(13)20-32-16(22)18-30(24,27-7-3)28-8-4/h9-12,19-20H,5-8H2,1-4H3,(H,17,21,23)(H,18,22,24). The lowest BCUT2D eigenvalue weighted by atomic mass is 10.3. The minimum absolute atomic E-state index is 0.0984. The van der Waals surface area contributed by atoms with Gasteiger partial charge < -0.3 is 9.44 Å². The van der Waals surface area contributed by atoms with Crippen LogP contribution < -0.4 is 19.6 Å². The molecule has 0 aliphatic heterocycles. The minimum atomic E-state index is -3.75. The summed E-state index contributed by atoms with van der Waals surface area (Å²) < 4.78 is 50.4. The Labute approximate surface area is 196 Å². The van der Waals surface area contributed by atoms with Gasteiger partial charge in [0.05, 0.1) is 37.8 Å². The van der Waals surface area contributed by atoms with E-state index in [1.165, 1.54) is 0 Å². The highest BCUT2D eigenvalue weighted by atomic mass is 32.2. The number of rotatable bonds is 14. The Bertz CT molecular complexity index is 761. The Balaban J connectivity index is 2.68. The van der Waals surface area contributed by atoms with Crippen molar-refractivity contribution >= 4 is 61.2 Å². The summed E-state index contributed by atoms with van der Waals surface area (Å²) in [5, 5.41) is 3.04. The largest absolute Gasteiger partial charge is 0.435 e. The van der Waals surface area contributed by atoms with Gasteiger partial charge in [-0.15, -0.1) is 0 Å². The predicted octanol–water partition coefficient (Wildman–Crippen LogP) is 5.59. The predicted molar refractivity (Wildman–Crippen MR) is 128 cm³/mol. The molecule has 0 aliphatic rings. The maximum absolute atomic E-state index is 12.4. The SMILES string of the molecule is CCOP(=O)(NC(=O)SNc1ccccc1NSC(=O)NP(=O)(OCC)OCC)OCC. The zero-order valence-electron chi connectivity index (χ0n) is 18.1. The molecule has 0 spiro atoms. The molecule has 0 fully saturated rings. The fraction of sp³-hybridized carbons (Fsp3) is 0.500. The van der Waals surface area contributed by atoms with Crippen LogP contribution in [0.3, 0.4) is 0 Å². The third-order valence-corrected chi connectivity index (χ3v) is 7.95. The number of carbonyl (C=O) groups is 2. The zero-order valence-corrected chi connectivity index (χ0v) is 21.5. The van der Waals surface area contributed by atoms with Crippen molar-refractivity contribution in [2.75, 3.05) is 35.9 Å². The molecule has 0 radical (unpaired) electrons. The number of carbonyl (C=O) groups excluding carboxylic acids is 2. The Morgan fingerprint density at radius 2 is 1.03 bits per heavy atom. The summed E-state index contributed by atoms with van der Waals surface area (Å²) in [6.07, 6.45) is 0. The lowest BCUT2D eigenvalue weighted by Gasteiger charge is -2.18. The molecule has 0 heterocycles. The third kappa shape index (κ3) is 10.6. The topological polar surface area (TPSA) is 153 Å². The first kappa shape index (κ1) is 28.8. The molecule has 0 unspecified atom stereocenters. The molecule has 0 aromatic heterocycles. The van der Waals surface area contributed by atoms with E-state index < -0.39 is 26.0 Å². The average Bonchev–Trinajstić information content (AvgIpc) is 2.71. The summed E-state index contributed by atoms with van der Waals surface area (Å²) in [6.45, 7) is 6.90. The van der Waals surface area contributed by atoms with Crippen LogP contribution in [0.5, 0.6) is 0 Å². The minimum Gasteiger partial charge on any atom is -0.320 e. The van der Waals surface area contributed by atoms with Gasteiger partial charge in [0.2, 0.25) is 0 Å². The van der Waals surface area contributed by atoms with Crippen molar-refractivity contribution in [2.45, 2.75) is 27.7 Å². The second-order valence-electron chi connectivity index (χ2n) is 5.42. The van der Waals surface area contributed by atoms with Gasteiger partial charge in [-0.3, -0.25) is 37.9 Å². The molecule has 1 rings (SSSR count). The molecule has 1 aromatic rings. The third-order valence-electron chi connectivity index (χ3n) is 3.09. The summed E-state index contributed by atoms with van der Waals surface area (Å²) >= 11 is 1.23. The van der Waals surface area contributed by atoms with Crippen LogP contribution >= 0.6 is 39.4 Å². The lowest BCUT2D eigenvalue weighted by molar-refractivity contribution is 0.209. The van der Waals surface area contributed by atoms with E-state index in [9.17, 15) is 18.7 Å². The maximum Gasteiger partial charge on any atom is 0.435 e. The first-order chi connectivity index (χ1) is 15.2. The van der Waals surface area contributed by atoms with Crippen LogP contribution in [0, 0.1) is 0 Å². The summed E-state index contributed by atoms with van der Waals surface area (Å²) in [4.78, 5) is 24.3. The second kappa shape index (κ2) is 14.8. The van der Waals surface area contributed by atoms with Crippen LogP contribution in [0.4, 0.5) is 21.0 Å². The summed E-state index contributed by atoms with van der Waals surface area (Å²) in [5.74, 6) is 0. The van der Waals surface area contributed by atoms with Gasteiger partial charge in [-0.05, 0) is 39.8 Å². The van der Waals surface area contributed by atoms with Crippen molar-refractivity contribution in [1.82, 2.24) is 10.2 Å². The number of para-hydroxylation sites is 2. The molecular formula is C16H28N4O8P2S2.